The molecular weight excluding hydrogens is 482 g/mol. The average molecular weight is 534 g/mol. The van der Waals surface area contributed by atoms with Gasteiger partial charge in [-0.2, -0.15) is 0 Å². The summed E-state index contributed by atoms with van der Waals surface area (Å²) >= 11 is 0. The van der Waals surface area contributed by atoms with Crippen molar-refractivity contribution in [2.75, 3.05) is 44.7 Å². The maximum atomic E-state index is 12.6. The average Bonchev–Trinajstić information content (AvgIpc) is 2.99. The largest absolute Gasteiger partial charge is 0.445 e. The quantitative estimate of drug-likeness (QED) is 0.295. The van der Waals surface area contributed by atoms with E-state index in [1.54, 1.807) is 4.90 Å². The highest BCUT2D eigenvalue weighted by atomic mass is 16.6. The standard InChI is InChI=1S/C34H51N3O2/c1-5-12-27(2)33-25-31(37-23-21-36(22-24-37)30-15-10-7-11-16-30)17-18-32(33)28(3)19-20-35(4)34(38)39-26-29-13-8-6-9-14-29/h6,8-9,13-14,17-18,25,27-28,30H,5,7,10-12,15-16,19-24,26H2,1-4H3/t27-,28-/m1/s1. The fourth-order valence-electron chi connectivity index (χ4n) is 6.48. The first-order valence-corrected chi connectivity index (χ1v) is 15.5. The van der Waals surface area contributed by atoms with Gasteiger partial charge in [0.25, 0.3) is 0 Å². The zero-order valence-electron chi connectivity index (χ0n) is 24.9. The Morgan fingerprint density at radius 3 is 2.31 bits per heavy atom. The van der Waals surface area contributed by atoms with Crippen LogP contribution in [-0.4, -0.2) is 61.7 Å². The van der Waals surface area contributed by atoms with Crippen molar-refractivity contribution in [1.82, 2.24) is 9.80 Å². The number of anilines is 1. The molecule has 1 amide bonds. The van der Waals surface area contributed by atoms with E-state index in [1.165, 1.54) is 74.8 Å². The van der Waals surface area contributed by atoms with Crippen molar-refractivity contribution >= 4 is 11.8 Å². The second-order valence-corrected chi connectivity index (χ2v) is 12.0. The van der Waals surface area contributed by atoms with Crippen molar-refractivity contribution in [3.63, 3.8) is 0 Å². The summed E-state index contributed by atoms with van der Waals surface area (Å²) in [6.07, 6.45) is 10.1. The van der Waals surface area contributed by atoms with Crippen LogP contribution >= 0.6 is 0 Å². The summed E-state index contributed by atoms with van der Waals surface area (Å²) in [5.41, 5.74) is 5.32. The molecule has 2 aliphatic rings. The van der Waals surface area contributed by atoms with Gasteiger partial charge in [-0.05, 0) is 66.3 Å². The van der Waals surface area contributed by atoms with E-state index in [-0.39, 0.29) is 6.09 Å². The molecule has 2 aromatic carbocycles. The third-order valence-electron chi connectivity index (χ3n) is 9.04. The molecule has 1 heterocycles. The van der Waals surface area contributed by atoms with Crippen molar-refractivity contribution in [2.24, 2.45) is 0 Å². The number of piperazine rings is 1. The summed E-state index contributed by atoms with van der Waals surface area (Å²) in [6.45, 7) is 12.6. The second-order valence-electron chi connectivity index (χ2n) is 12.0. The molecule has 1 aliphatic carbocycles. The van der Waals surface area contributed by atoms with Gasteiger partial charge < -0.3 is 14.5 Å². The van der Waals surface area contributed by atoms with Crippen LogP contribution in [-0.2, 0) is 11.3 Å². The van der Waals surface area contributed by atoms with E-state index in [0.29, 0.717) is 25.0 Å². The fourth-order valence-corrected chi connectivity index (χ4v) is 6.48. The molecule has 2 fully saturated rings. The van der Waals surface area contributed by atoms with E-state index in [9.17, 15) is 4.79 Å². The summed E-state index contributed by atoms with van der Waals surface area (Å²) in [5.74, 6) is 0.908. The lowest BCUT2D eigenvalue weighted by Crippen LogP contribution is -2.50. The number of ether oxygens (including phenoxy) is 1. The summed E-state index contributed by atoms with van der Waals surface area (Å²) in [6, 6.07) is 17.9. The van der Waals surface area contributed by atoms with E-state index in [2.05, 4.69) is 48.8 Å². The van der Waals surface area contributed by atoms with Crippen LogP contribution in [0.3, 0.4) is 0 Å². The molecule has 4 rings (SSSR count). The van der Waals surface area contributed by atoms with Gasteiger partial charge in [0.05, 0.1) is 0 Å². The summed E-state index contributed by atoms with van der Waals surface area (Å²) in [5, 5.41) is 0. The highest BCUT2D eigenvalue weighted by molar-refractivity contribution is 5.67. The molecule has 1 aliphatic heterocycles. The normalized spacial score (nSPS) is 18.5. The first kappa shape index (κ1) is 29.5. The number of benzene rings is 2. The van der Waals surface area contributed by atoms with Gasteiger partial charge in [-0.1, -0.05) is 82.9 Å². The predicted octanol–water partition coefficient (Wildman–Crippen LogP) is 7.81. The molecule has 0 unspecified atom stereocenters. The van der Waals surface area contributed by atoms with E-state index in [1.807, 2.05) is 37.4 Å². The van der Waals surface area contributed by atoms with Crippen LogP contribution in [0.25, 0.3) is 0 Å². The summed E-state index contributed by atoms with van der Waals surface area (Å²) in [4.78, 5) is 19.6. The van der Waals surface area contributed by atoms with Gasteiger partial charge in [-0.25, -0.2) is 4.79 Å². The van der Waals surface area contributed by atoms with Crippen molar-refractivity contribution < 1.29 is 9.53 Å². The van der Waals surface area contributed by atoms with Gasteiger partial charge in [-0.3, -0.25) is 4.90 Å². The van der Waals surface area contributed by atoms with Gasteiger partial charge in [0.1, 0.15) is 6.61 Å². The van der Waals surface area contributed by atoms with Gasteiger partial charge in [0.2, 0.25) is 0 Å². The number of nitrogens with zero attached hydrogens (tertiary/aromatic N) is 3. The molecule has 5 heteroatoms. The van der Waals surface area contributed by atoms with Crippen molar-refractivity contribution in [3.8, 4) is 0 Å². The molecule has 0 radical (unpaired) electrons. The summed E-state index contributed by atoms with van der Waals surface area (Å²) < 4.78 is 5.53. The van der Waals surface area contributed by atoms with Crippen LogP contribution in [0.5, 0.6) is 0 Å². The molecule has 1 saturated heterocycles. The molecule has 0 aromatic heterocycles. The SMILES string of the molecule is CCC[C@@H](C)c1cc(N2CCN(C3CCCCC3)CC2)ccc1[C@H](C)CCN(C)C(=O)OCc1ccccc1. The highest BCUT2D eigenvalue weighted by Gasteiger charge is 2.26. The Kier molecular flexibility index (Phi) is 11.1. The Morgan fingerprint density at radius 2 is 1.62 bits per heavy atom. The van der Waals surface area contributed by atoms with Crippen LogP contribution in [0.1, 0.15) is 101 Å². The van der Waals surface area contributed by atoms with E-state index >= 15 is 0 Å². The van der Waals surface area contributed by atoms with Crippen molar-refractivity contribution in [1.29, 1.82) is 0 Å². The molecule has 2 atom stereocenters. The van der Waals surface area contributed by atoms with Crippen LogP contribution in [0.15, 0.2) is 48.5 Å². The van der Waals surface area contributed by atoms with Crippen LogP contribution in [0.4, 0.5) is 10.5 Å². The highest BCUT2D eigenvalue weighted by Crippen LogP contribution is 2.35. The monoisotopic (exact) mass is 533 g/mol. The predicted molar refractivity (Wildman–Crippen MR) is 163 cm³/mol. The molecule has 1 saturated carbocycles. The molecule has 0 spiro atoms. The number of hydrogen-bond donors (Lipinski definition) is 0. The molecule has 39 heavy (non-hydrogen) atoms. The molecule has 0 N–H and O–H groups in total. The molecule has 5 nitrogen and oxygen atoms in total. The van der Waals surface area contributed by atoms with Gasteiger partial charge in [0, 0.05) is 51.5 Å². The number of rotatable bonds is 11. The van der Waals surface area contributed by atoms with E-state index in [4.69, 9.17) is 4.74 Å². The first-order chi connectivity index (χ1) is 19.0. The van der Waals surface area contributed by atoms with Crippen molar-refractivity contribution in [2.45, 2.75) is 96.6 Å². The topological polar surface area (TPSA) is 36.0 Å². The van der Waals surface area contributed by atoms with Crippen LogP contribution in [0.2, 0.25) is 0 Å². The lowest BCUT2D eigenvalue weighted by molar-refractivity contribution is 0.104. The minimum absolute atomic E-state index is 0.256. The smallest absolute Gasteiger partial charge is 0.409 e. The minimum Gasteiger partial charge on any atom is -0.445 e. The zero-order valence-corrected chi connectivity index (χ0v) is 24.9. The van der Waals surface area contributed by atoms with Crippen molar-refractivity contribution in [3.05, 3.63) is 65.2 Å². The summed E-state index contributed by atoms with van der Waals surface area (Å²) in [7, 11) is 1.84. The third kappa shape index (κ3) is 8.23. The second kappa shape index (κ2) is 14.7. The molecular formula is C34H51N3O2. The fraction of sp³-hybridized carbons (Fsp3) is 0.618. The van der Waals surface area contributed by atoms with Gasteiger partial charge in [-0.15, -0.1) is 0 Å². The zero-order chi connectivity index (χ0) is 27.6. The Bertz CT molecular complexity index is 1010. The maximum absolute atomic E-state index is 12.6. The van der Waals surface area contributed by atoms with E-state index < -0.39 is 0 Å². The molecule has 2 aromatic rings. The van der Waals surface area contributed by atoms with Crippen LogP contribution in [0, 0.1) is 0 Å². The molecule has 214 valence electrons. The number of carbonyl (C=O) groups is 1. The van der Waals surface area contributed by atoms with E-state index in [0.717, 1.165) is 31.1 Å². The third-order valence-corrected chi connectivity index (χ3v) is 9.04. The molecule has 0 bridgehead atoms. The Hall–Kier alpha value is -2.53. The Morgan fingerprint density at radius 1 is 0.923 bits per heavy atom. The van der Waals surface area contributed by atoms with Crippen LogP contribution < -0.4 is 4.90 Å². The number of hydrogen-bond acceptors (Lipinski definition) is 4. The minimum atomic E-state index is -0.256. The lowest BCUT2D eigenvalue weighted by atomic mass is 9.85. The van der Waals surface area contributed by atoms with Gasteiger partial charge >= 0.3 is 6.09 Å². The maximum Gasteiger partial charge on any atom is 0.409 e. The van der Waals surface area contributed by atoms with Gasteiger partial charge in [0.15, 0.2) is 0 Å². The number of amides is 1. The number of carbonyl (C=O) groups excluding carboxylic acids is 1. The Balaban J connectivity index is 1.35. The Labute approximate surface area is 237 Å². The first-order valence-electron chi connectivity index (χ1n) is 15.5. The lowest BCUT2D eigenvalue weighted by Gasteiger charge is -2.41.